The Balaban J connectivity index is 1.38. The molecule has 144 valence electrons. The van der Waals surface area contributed by atoms with Crippen LogP contribution in [-0.2, 0) is 9.53 Å². The quantitative estimate of drug-likeness (QED) is 0.402. The molecule has 6 nitrogen and oxygen atoms in total. The predicted octanol–water partition coefficient (Wildman–Crippen LogP) is 3.94. The second-order valence-corrected chi connectivity index (χ2v) is 8.43. The van der Waals surface area contributed by atoms with E-state index in [0.717, 1.165) is 18.0 Å². The summed E-state index contributed by atoms with van der Waals surface area (Å²) in [5.41, 5.74) is 0.305. The molecule has 1 heterocycles. The Kier molecular flexibility index (Phi) is 7.17. The maximum absolute atomic E-state index is 12.8. The van der Waals surface area contributed by atoms with E-state index in [1.807, 2.05) is 0 Å². The highest BCUT2D eigenvalue weighted by Gasteiger charge is 2.16. The summed E-state index contributed by atoms with van der Waals surface area (Å²) in [5.74, 6) is -1.25. The molecule has 0 bridgehead atoms. The van der Waals surface area contributed by atoms with Gasteiger partial charge in [-0.1, -0.05) is 42.4 Å². The fourth-order valence-electron chi connectivity index (χ4n) is 2.78. The number of rotatable bonds is 8. The number of hydrogen-bond donors (Lipinski definition) is 1. The number of thioether (sulfide) groups is 1. The van der Waals surface area contributed by atoms with Gasteiger partial charge in [0.15, 0.2) is 16.7 Å². The number of esters is 1. The number of nitrogens with zero attached hydrogens (tertiary/aromatic N) is 2. The maximum atomic E-state index is 12.8. The summed E-state index contributed by atoms with van der Waals surface area (Å²) in [6.45, 7) is -0.365. The third-order valence-corrected chi connectivity index (χ3v) is 6.14. The van der Waals surface area contributed by atoms with Gasteiger partial charge in [0.1, 0.15) is 5.82 Å². The van der Waals surface area contributed by atoms with Crippen LogP contribution in [0.15, 0.2) is 28.6 Å². The molecule has 1 aliphatic carbocycles. The molecule has 1 aliphatic rings. The lowest BCUT2D eigenvalue weighted by Crippen LogP contribution is -2.21. The van der Waals surface area contributed by atoms with Crippen molar-refractivity contribution in [3.05, 3.63) is 35.6 Å². The lowest BCUT2D eigenvalue weighted by atomic mass is 9.96. The Labute approximate surface area is 164 Å². The molecule has 27 heavy (non-hydrogen) atoms. The number of ether oxygens (including phenoxy) is 1. The molecule has 0 radical (unpaired) electrons. The zero-order chi connectivity index (χ0) is 19.1. The second-order valence-electron chi connectivity index (χ2n) is 6.23. The van der Waals surface area contributed by atoms with Crippen LogP contribution in [0.5, 0.6) is 0 Å². The summed E-state index contributed by atoms with van der Waals surface area (Å²) in [5, 5.41) is 12.3. The Morgan fingerprint density at radius 2 is 1.93 bits per heavy atom. The maximum Gasteiger partial charge on any atom is 0.316 e. The predicted molar refractivity (Wildman–Crippen MR) is 103 cm³/mol. The van der Waals surface area contributed by atoms with E-state index in [0.29, 0.717) is 15.9 Å². The first kappa shape index (κ1) is 19.8. The monoisotopic (exact) mass is 409 g/mol. The first-order valence-corrected chi connectivity index (χ1v) is 10.6. The van der Waals surface area contributed by atoms with Crippen LogP contribution in [0.1, 0.15) is 42.5 Å². The standard InChI is InChI=1S/C18H20FN3O3S2/c19-13-8-6-12(7-9-13)15(23)10-25-16(24)11-26-18-22-21-17(27-18)20-14-4-2-1-3-5-14/h6-9,14H,1-5,10-11H2,(H,20,21). The number of benzene rings is 1. The van der Waals surface area contributed by atoms with Crippen LogP contribution in [-0.4, -0.2) is 40.4 Å². The number of ketones is 1. The molecule has 1 aromatic heterocycles. The van der Waals surface area contributed by atoms with Crippen molar-refractivity contribution >= 4 is 40.0 Å². The van der Waals surface area contributed by atoms with Crippen LogP contribution < -0.4 is 5.32 Å². The summed E-state index contributed by atoms with van der Waals surface area (Å²) in [7, 11) is 0. The fourth-order valence-corrected chi connectivity index (χ4v) is 4.40. The van der Waals surface area contributed by atoms with Crippen molar-refractivity contribution < 1.29 is 18.7 Å². The molecule has 1 N–H and O–H groups in total. The molecular weight excluding hydrogens is 389 g/mol. The van der Waals surface area contributed by atoms with Gasteiger partial charge in [-0.15, -0.1) is 10.2 Å². The molecule has 3 rings (SSSR count). The van der Waals surface area contributed by atoms with E-state index >= 15 is 0 Å². The molecule has 0 atom stereocenters. The van der Waals surface area contributed by atoms with Crippen molar-refractivity contribution in [3.63, 3.8) is 0 Å². The number of nitrogens with one attached hydrogen (secondary N) is 1. The van der Waals surface area contributed by atoms with Gasteiger partial charge in [-0.25, -0.2) is 4.39 Å². The molecule has 0 saturated heterocycles. The highest BCUT2D eigenvalue weighted by molar-refractivity contribution is 8.01. The number of Topliss-reactive ketones (excluding diaryl/α,β-unsaturated/α-hetero) is 1. The molecular formula is C18H20FN3O3S2. The molecule has 1 fully saturated rings. The number of aromatic nitrogens is 2. The van der Waals surface area contributed by atoms with E-state index in [-0.39, 0.29) is 18.1 Å². The second kappa shape index (κ2) is 9.80. The molecule has 1 saturated carbocycles. The Bertz CT molecular complexity index is 776. The number of carbonyl (C=O) groups is 2. The van der Waals surface area contributed by atoms with Crippen molar-refractivity contribution in [2.24, 2.45) is 0 Å². The van der Waals surface area contributed by atoms with Gasteiger partial charge in [-0.05, 0) is 37.1 Å². The molecule has 1 aromatic carbocycles. The molecule has 0 amide bonds. The first-order chi connectivity index (χ1) is 13.1. The number of carbonyl (C=O) groups excluding carboxylic acids is 2. The summed E-state index contributed by atoms with van der Waals surface area (Å²) in [4.78, 5) is 23.7. The van der Waals surface area contributed by atoms with E-state index in [1.54, 1.807) is 0 Å². The minimum absolute atomic E-state index is 0.0504. The van der Waals surface area contributed by atoms with Crippen molar-refractivity contribution in [2.45, 2.75) is 42.5 Å². The van der Waals surface area contributed by atoms with Crippen molar-refractivity contribution in [3.8, 4) is 0 Å². The number of halogens is 1. The SMILES string of the molecule is O=C(CSc1nnc(NC2CCCCC2)s1)OCC(=O)c1ccc(F)cc1. The molecule has 0 spiro atoms. The zero-order valence-corrected chi connectivity index (χ0v) is 16.3. The van der Waals surface area contributed by atoms with Gasteiger partial charge in [0.25, 0.3) is 0 Å². The number of anilines is 1. The Morgan fingerprint density at radius 1 is 1.19 bits per heavy atom. The molecule has 0 aliphatic heterocycles. The van der Waals surface area contributed by atoms with E-state index in [4.69, 9.17) is 4.74 Å². The third kappa shape index (κ3) is 6.28. The molecule has 2 aromatic rings. The van der Waals surface area contributed by atoms with E-state index in [1.165, 1.54) is 66.6 Å². The van der Waals surface area contributed by atoms with Gasteiger partial charge in [0.2, 0.25) is 5.13 Å². The summed E-state index contributed by atoms with van der Waals surface area (Å²) < 4.78 is 18.5. The largest absolute Gasteiger partial charge is 0.457 e. The Hall–Kier alpha value is -2.00. The van der Waals surface area contributed by atoms with Crippen molar-refractivity contribution in [1.29, 1.82) is 0 Å². The van der Waals surface area contributed by atoms with Crippen LogP contribution in [0.2, 0.25) is 0 Å². The third-order valence-electron chi connectivity index (χ3n) is 4.18. The van der Waals surface area contributed by atoms with Crippen LogP contribution in [0.4, 0.5) is 9.52 Å². The highest BCUT2D eigenvalue weighted by Crippen LogP contribution is 2.28. The lowest BCUT2D eigenvalue weighted by molar-refractivity contribution is -0.139. The van der Waals surface area contributed by atoms with Crippen molar-refractivity contribution in [2.75, 3.05) is 17.7 Å². The molecule has 0 unspecified atom stereocenters. The minimum Gasteiger partial charge on any atom is -0.457 e. The van der Waals surface area contributed by atoms with Crippen LogP contribution in [0.25, 0.3) is 0 Å². The Morgan fingerprint density at radius 3 is 2.67 bits per heavy atom. The van der Waals surface area contributed by atoms with Gasteiger partial charge in [-0.2, -0.15) is 0 Å². The van der Waals surface area contributed by atoms with Crippen LogP contribution in [0, 0.1) is 5.82 Å². The van der Waals surface area contributed by atoms with Crippen LogP contribution >= 0.6 is 23.1 Å². The lowest BCUT2D eigenvalue weighted by Gasteiger charge is -2.21. The van der Waals surface area contributed by atoms with Gasteiger partial charge in [-0.3, -0.25) is 9.59 Å². The minimum atomic E-state index is -0.507. The zero-order valence-electron chi connectivity index (χ0n) is 14.7. The smallest absolute Gasteiger partial charge is 0.316 e. The summed E-state index contributed by atoms with van der Waals surface area (Å²) in [6, 6.07) is 5.57. The van der Waals surface area contributed by atoms with Gasteiger partial charge in [0.05, 0.1) is 5.75 Å². The van der Waals surface area contributed by atoms with E-state index in [2.05, 4.69) is 15.5 Å². The fraction of sp³-hybridized carbons (Fsp3) is 0.444. The number of hydrogen-bond acceptors (Lipinski definition) is 8. The first-order valence-electron chi connectivity index (χ1n) is 8.77. The highest BCUT2D eigenvalue weighted by atomic mass is 32.2. The van der Waals surface area contributed by atoms with E-state index < -0.39 is 11.8 Å². The van der Waals surface area contributed by atoms with Gasteiger partial charge in [0, 0.05) is 11.6 Å². The summed E-state index contributed by atoms with van der Waals surface area (Å²) in [6.07, 6.45) is 6.06. The van der Waals surface area contributed by atoms with Gasteiger partial charge >= 0.3 is 5.97 Å². The van der Waals surface area contributed by atoms with Crippen LogP contribution in [0.3, 0.4) is 0 Å². The topological polar surface area (TPSA) is 81.2 Å². The summed E-state index contributed by atoms with van der Waals surface area (Å²) >= 11 is 2.64. The molecule has 9 heteroatoms. The van der Waals surface area contributed by atoms with E-state index in [9.17, 15) is 14.0 Å². The normalized spacial score (nSPS) is 14.7. The van der Waals surface area contributed by atoms with Crippen molar-refractivity contribution in [1.82, 2.24) is 10.2 Å². The van der Waals surface area contributed by atoms with Gasteiger partial charge < -0.3 is 10.1 Å². The average molecular weight is 410 g/mol. The average Bonchev–Trinajstić information content (AvgIpc) is 3.13.